The second kappa shape index (κ2) is 5.67. The topological polar surface area (TPSA) is 59.1 Å². The molecule has 1 aliphatic heterocycles. The van der Waals surface area contributed by atoms with E-state index in [2.05, 4.69) is 0 Å². The van der Waals surface area contributed by atoms with Crippen LogP contribution < -0.4 is 0 Å². The van der Waals surface area contributed by atoms with Crippen molar-refractivity contribution >= 4 is 12.2 Å². The van der Waals surface area contributed by atoms with Crippen LogP contribution in [0.25, 0.3) is 0 Å². The smallest absolute Gasteiger partial charge is 0.410 e. The number of hydrogen-bond donors (Lipinski definition) is 0. The molecule has 1 rings (SSSR count). The van der Waals surface area contributed by atoms with Crippen LogP contribution in [-0.4, -0.2) is 59.9 Å². The lowest BCUT2D eigenvalue weighted by molar-refractivity contribution is -0.00624. The molecule has 2 amide bonds. The van der Waals surface area contributed by atoms with Gasteiger partial charge < -0.3 is 14.4 Å². The summed E-state index contributed by atoms with van der Waals surface area (Å²) in [5, 5.41) is 0. The summed E-state index contributed by atoms with van der Waals surface area (Å²) in [6.45, 7) is 10.2. The van der Waals surface area contributed by atoms with Crippen LogP contribution >= 0.6 is 0 Å². The SMILES string of the molecule is COC(=O)N1[C@H](C)CN(C(=O)OC(C)(C)C)C[C@@H]1C. The quantitative estimate of drug-likeness (QED) is 0.677. The molecule has 110 valence electrons. The van der Waals surface area contributed by atoms with Crippen molar-refractivity contribution in [1.82, 2.24) is 9.80 Å². The maximum Gasteiger partial charge on any atom is 0.410 e. The summed E-state index contributed by atoms with van der Waals surface area (Å²) in [5.74, 6) is 0. The van der Waals surface area contributed by atoms with E-state index in [0.717, 1.165) is 0 Å². The van der Waals surface area contributed by atoms with E-state index in [1.54, 1.807) is 9.80 Å². The monoisotopic (exact) mass is 272 g/mol. The van der Waals surface area contributed by atoms with Crippen molar-refractivity contribution in [3.63, 3.8) is 0 Å². The van der Waals surface area contributed by atoms with Crippen LogP contribution in [0.3, 0.4) is 0 Å². The molecule has 6 heteroatoms. The molecule has 0 aromatic rings. The summed E-state index contributed by atoms with van der Waals surface area (Å²) >= 11 is 0. The third kappa shape index (κ3) is 4.01. The van der Waals surface area contributed by atoms with Gasteiger partial charge in [-0.25, -0.2) is 9.59 Å². The summed E-state index contributed by atoms with van der Waals surface area (Å²) in [7, 11) is 1.36. The van der Waals surface area contributed by atoms with E-state index in [1.165, 1.54) is 7.11 Å². The first-order valence-corrected chi connectivity index (χ1v) is 6.50. The lowest BCUT2D eigenvalue weighted by Gasteiger charge is -2.43. The standard InChI is InChI=1S/C13H24N2O4/c1-9-7-14(11(16)19-13(3,4)5)8-10(2)15(9)12(17)18-6/h9-10H,7-8H2,1-6H3/t9-,10+. The summed E-state index contributed by atoms with van der Waals surface area (Å²) < 4.78 is 10.1. The highest BCUT2D eigenvalue weighted by molar-refractivity contribution is 5.71. The highest BCUT2D eigenvalue weighted by Crippen LogP contribution is 2.19. The molecule has 1 fully saturated rings. The lowest BCUT2D eigenvalue weighted by Crippen LogP contribution is -2.60. The van der Waals surface area contributed by atoms with Crippen molar-refractivity contribution in [2.45, 2.75) is 52.3 Å². The van der Waals surface area contributed by atoms with E-state index < -0.39 is 5.60 Å². The van der Waals surface area contributed by atoms with Crippen LogP contribution in [0, 0.1) is 0 Å². The zero-order chi connectivity index (χ0) is 14.8. The third-order valence-electron chi connectivity index (χ3n) is 2.96. The van der Waals surface area contributed by atoms with Crippen molar-refractivity contribution in [2.24, 2.45) is 0 Å². The third-order valence-corrected chi connectivity index (χ3v) is 2.96. The van der Waals surface area contributed by atoms with Gasteiger partial charge in [0.1, 0.15) is 5.60 Å². The molecule has 0 radical (unpaired) electrons. The van der Waals surface area contributed by atoms with Gasteiger partial charge in [0.2, 0.25) is 0 Å². The first-order chi connectivity index (χ1) is 8.65. The highest BCUT2D eigenvalue weighted by atomic mass is 16.6. The zero-order valence-corrected chi connectivity index (χ0v) is 12.6. The second-order valence-electron chi connectivity index (χ2n) is 5.96. The van der Waals surface area contributed by atoms with Gasteiger partial charge in [-0.1, -0.05) is 0 Å². The fourth-order valence-corrected chi connectivity index (χ4v) is 2.26. The van der Waals surface area contributed by atoms with E-state index in [4.69, 9.17) is 9.47 Å². The fourth-order valence-electron chi connectivity index (χ4n) is 2.26. The Hall–Kier alpha value is -1.46. The average Bonchev–Trinajstić information content (AvgIpc) is 2.25. The van der Waals surface area contributed by atoms with Gasteiger partial charge in [-0.3, -0.25) is 4.90 Å². The first kappa shape index (κ1) is 15.6. The van der Waals surface area contributed by atoms with Crippen LogP contribution in [0.1, 0.15) is 34.6 Å². The minimum Gasteiger partial charge on any atom is -0.453 e. The molecular weight excluding hydrogens is 248 g/mol. The van der Waals surface area contributed by atoms with E-state index in [-0.39, 0.29) is 24.3 Å². The molecule has 0 bridgehead atoms. The molecule has 0 spiro atoms. The number of methoxy groups -OCH3 is 1. The second-order valence-corrected chi connectivity index (χ2v) is 5.96. The number of rotatable bonds is 0. The van der Waals surface area contributed by atoms with Gasteiger partial charge in [-0.15, -0.1) is 0 Å². The molecule has 0 saturated carbocycles. The van der Waals surface area contributed by atoms with Crippen LogP contribution in [0.5, 0.6) is 0 Å². The Morgan fingerprint density at radius 3 is 1.89 bits per heavy atom. The van der Waals surface area contributed by atoms with Crippen molar-refractivity contribution < 1.29 is 19.1 Å². The predicted octanol–water partition coefficient (Wildman–Crippen LogP) is 2.08. The number of carbonyl (C=O) groups is 2. The molecule has 0 aliphatic carbocycles. The Balaban J connectivity index is 2.69. The maximum atomic E-state index is 12.0. The number of piperazine rings is 1. The number of hydrogen-bond acceptors (Lipinski definition) is 4. The number of carbonyl (C=O) groups excluding carboxylic acids is 2. The van der Waals surface area contributed by atoms with Crippen LogP contribution in [0.2, 0.25) is 0 Å². The fraction of sp³-hybridized carbons (Fsp3) is 0.846. The van der Waals surface area contributed by atoms with E-state index in [1.807, 2.05) is 34.6 Å². The van der Waals surface area contributed by atoms with Gasteiger partial charge in [0, 0.05) is 13.1 Å². The van der Waals surface area contributed by atoms with Crippen LogP contribution in [0.15, 0.2) is 0 Å². The van der Waals surface area contributed by atoms with E-state index in [9.17, 15) is 9.59 Å². The van der Waals surface area contributed by atoms with Crippen LogP contribution in [-0.2, 0) is 9.47 Å². The van der Waals surface area contributed by atoms with E-state index >= 15 is 0 Å². The largest absolute Gasteiger partial charge is 0.453 e. The van der Waals surface area contributed by atoms with Crippen LogP contribution in [0.4, 0.5) is 9.59 Å². The summed E-state index contributed by atoms with van der Waals surface area (Å²) in [6.07, 6.45) is -0.695. The van der Waals surface area contributed by atoms with Crippen molar-refractivity contribution in [1.29, 1.82) is 0 Å². The predicted molar refractivity (Wildman–Crippen MR) is 71.0 cm³/mol. The first-order valence-electron chi connectivity index (χ1n) is 6.50. The molecule has 2 atom stereocenters. The summed E-state index contributed by atoms with van der Waals surface area (Å²) in [5.41, 5.74) is -0.511. The summed E-state index contributed by atoms with van der Waals surface area (Å²) in [6, 6.07) is -0.188. The van der Waals surface area contributed by atoms with Gasteiger partial charge >= 0.3 is 12.2 Å². The van der Waals surface area contributed by atoms with Gasteiger partial charge in [-0.2, -0.15) is 0 Å². The lowest BCUT2D eigenvalue weighted by atomic mass is 10.1. The molecule has 0 aromatic heterocycles. The Labute approximate surface area is 114 Å². The molecule has 19 heavy (non-hydrogen) atoms. The normalized spacial score (nSPS) is 24.1. The Morgan fingerprint density at radius 2 is 1.53 bits per heavy atom. The minimum atomic E-state index is -0.511. The van der Waals surface area contributed by atoms with Crippen molar-refractivity contribution in [3.05, 3.63) is 0 Å². The molecule has 0 unspecified atom stereocenters. The highest BCUT2D eigenvalue weighted by Gasteiger charge is 2.36. The van der Waals surface area contributed by atoms with Crippen molar-refractivity contribution in [2.75, 3.05) is 20.2 Å². The van der Waals surface area contributed by atoms with Gasteiger partial charge in [0.25, 0.3) is 0 Å². The average molecular weight is 272 g/mol. The Bertz CT molecular complexity index is 339. The molecule has 1 aliphatic rings. The van der Waals surface area contributed by atoms with Gasteiger partial charge in [-0.05, 0) is 34.6 Å². The number of amides is 2. The molecule has 6 nitrogen and oxygen atoms in total. The number of ether oxygens (including phenoxy) is 2. The van der Waals surface area contributed by atoms with Crippen molar-refractivity contribution in [3.8, 4) is 0 Å². The van der Waals surface area contributed by atoms with Gasteiger partial charge in [0.15, 0.2) is 0 Å². The summed E-state index contributed by atoms with van der Waals surface area (Å²) in [4.78, 5) is 27.0. The molecule has 0 N–H and O–H groups in total. The number of nitrogens with zero attached hydrogens (tertiary/aromatic N) is 2. The van der Waals surface area contributed by atoms with E-state index in [0.29, 0.717) is 13.1 Å². The molecule has 1 saturated heterocycles. The molecule has 1 heterocycles. The van der Waals surface area contributed by atoms with Gasteiger partial charge in [0.05, 0.1) is 19.2 Å². The zero-order valence-electron chi connectivity index (χ0n) is 12.6. The Kier molecular flexibility index (Phi) is 4.66. The Morgan fingerprint density at radius 1 is 1.05 bits per heavy atom. The molecule has 0 aromatic carbocycles. The molecular formula is C13H24N2O4. The maximum absolute atomic E-state index is 12.0. The minimum absolute atomic E-state index is 0.0938.